The predicted octanol–water partition coefficient (Wildman–Crippen LogP) is 6.61. The van der Waals surface area contributed by atoms with Gasteiger partial charge in [0.1, 0.15) is 17.3 Å². The second-order valence-corrected chi connectivity index (χ2v) is 9.55. The predicted molar refractivity (Wildman–Crippen MR) is 149 cm³/mol. The highest BCUT2D eigenvalue weighted by Crippen LogP contribution is 2.45. The summed E-state index contributed by atoms with van der Waals surface area (Å²) >= 11 is 0. The second kappa shape index (κ2) is 10.1. The number of anilines is 1. The molecule has 1 heterocycles. The van der Waals surface area contributed by atoms with Gasteiger partial charge in [-0.25, -0.2) is 0 Å². The lowest BCUT2D eigenvalue weighted by atomic mass is 9.90. The number of aliphatic hydroxyl groups is 1. The molecule has 38 heavy (non-hydrogen) atoms. The van der Waals surface area contributed by atoms with Gasteiger partial charge >= 0.3 is 0 Å². The Morgan fingerprint density at radius 1 is 0.868 bits per heavy atom. The first-order valence-corrected chi connectivity index (χ1v) is 12.5. The van der Waals surface area contributed by atoms with Crippen molar-refractivity contribution in [3.05, 3.63) is 107 Å². The fourth-order valence-electron chi connectivity index (χ4n) is 5.13. The molecule has 0 saturated carbocycles. The minimum absolute atomic E-state index is 0.0362. The topological polar surface area (TPSA) is 76.1 Å². The van der Waals surface area contributed by atoms with Crippen molar-refractivity contribution in [2.45, 2.75) is 25.8 Å². The van der Waals surface area contributed by atoms with E-state index in [4.69, 9.17) is 9.47 Å². The van der Waals surface area contributed by atoms with Gasteiger partial charge in [-0.1, -0.05) is 62.4 Å². The van der Waals surface area contributed by atoms with Crippen molar-refractivity contribution in [3.8, 4) is 11.5 Å². The number of hydrogen-bond acceptors (Lipinski definition) is 5. The summed E-state index contributed by atoms with van der Waals surface area (Å²) < 4.78 is 10.9. The molecule has 6 heteroatoms. The van der Waals surface area contributed by atoms with Crippen LogP contribution in [0.15, 0.2) is 90.5 Å². The minimum atomic E-state index is -0.849. The Morgan fingerprint density at radius 3 is 2.34 bits per heavy atom. The number of amides is 1. The van der Waals surface area contributed by atoms with E-state index < -0.39 is 17.7 Å². The van der Waals surface area contributed by atoms with Gasteiger partial charge in [-0.15, -0.1) is 0 Å². The molecular weight excluding hydrogens is 478 g/mol. The molecule has 1 saturated heterocycles. The summed E-state index contributed by atoms with van der Waals surface area (Å²) in [5, 5.41) is 13.5. The zero-order valence-electron chi connectivity index (χ0n) is 21.8. The molecule has 0 aliphatic carbocycles. The van der Waals surface area contributed by atoms with Crippen molar-refractivity contribution >= 4 is 33.9 Å². The molecule has 0 bridgehead atoms. The van der Waals surface area contributed by atoms with Gasteiger partial charge in [0.25, 0.3) is 11.7 Å². The smallest absolute Gasteiger partial charge is 0.300 e. The Balaban J connectivity index is 1.79. The van der Waals surface area contributed by atoms with Gasteiger partial charge in [0.05, 0.1) is 25.8 Å². The molecule has 1 fully saturated rings. The van der Waals surface area contributed by atoms with Crippen LogP contribution in [0.3, 0.4) is 0 Å². The van der Waals surface area contributed by atoms with Gasteiger partial charge in [-0.2, -0.15) is 0 Å². The number of ether oxygens (including phenoxy) is 2. The Hall–Kier alpha value is -4.58. The maximum Gasteiger partial charge on any atom is 0.300 e. The maximum atomic E-state index is 13.7. The molecule has 0 aromatic heterocycles. The number of ketones is 1. The lowest BCUT2D eigenvalue weighted by Crippen LogP contribution is -2.29. The number of nitrogens with zero attached hydrogens (tertiary/aromatic N) is 1. The number of Topliss-reactive ketones (excluding diaryl/α,β-unsaturated/α-hetero) is 1. The monoisotopic (exact) mass is 507 g/mol. The Morgan fingerprint density at radius 2 is 1.61 bits per heavy atom. The van der Waals surface area contributed by atoms with Crippen molar-refractivity contribution in [1.29, 1.82) is 0 Å². The van der Waals surface area contributed by atoms with Crippen LogP contribution in [0.5, 0.6) is 11.5 Å². The molecule has 1 N–H and O–H groups in total. The molecule has 4 aromatic rings. The molecule has 1 amide bonds. The van der Waals surface area contributed by atoms with Gasteiger partial charge in [0.2, 0.25) is 0 Å². The average Bonchev–Trinajstić information content (AvgIpc) is 3.21. The summed E-state index contributed by atoms with van der Waals surface area (Å²) in [5.41, 5.74) is 2.61. The van der Waals surface area contributed by atoms with Gasteiger partial charge < -0.3 is 14.6 Å². The largest absolute Gasteiger partial charge is 0.507 e. The SMILES string of the molecule is COc1cccc(N2C(=O)C(=O)/C(=C(/O)c3ccc(OC)c(C(C)C)c3)C2c2cccc3ccccc23)c1. The molecule has 0 radical (unpaired) electrons. The van der Waals surface area contributed by atoms with Gasteiger partial charge in [0, 0.05) is 17.3 Å². The standard InChI is InChI=1S/C32H29NO5/c1-19(2)26-17-21(15-16-27(26)38-4)30(34)28-29(25-14-7-10-20-9-5-6-13-24(20)25)33(32(36)31(28)35)22-11-8-12-23(18-22)37-3/h5-19,29,34H,1-4H3/b30-28+. The molecule has 5 rings (SSSR count). The van der Waals surface area contributed by atoms with Crippen LogP contribution in [-0.2, 0) is 9.59 Å². The van der Waals surface area contributed by atoms with Gasteiger partial charge in [-0.05, 0) is 58.1 Å². The van der Waals surface area contributed by atoms with Gasteiger partial charge in [-0.3, -0.25) is 14.5 Å². The molecular formula is C32H29NO5. The van der Waals surface area contributed by atoms with Gasteiger partial charge in [0.15, 0.2) is 0 Å². The van der Waals surface area contributed by atoms with E-state index >= 15 is 0 Å². The fraction of sp³-hybridized carbons (Fsp3) is 0.188. The number of methoxy groups -OCH3 is 2. The number of carbonyl (C=O) groups excluding carboxylic acids is 2. The molecule has 4 aromatic carbocycles. The Kier molecular flexibility index (Phi) is 6.64. The lowest BCUT2D eigenvalue weighted by molar-refractivity contribution is -0.132. The second-order valence-electron chi connectivity index (χ2n) is 9.55. The normalized spacial score (nSPS) is 16.9. The van der Waals surface area contributed by atoms with Crippen LogP contribution in [0.4, 0.5) is 5.69 Å². The van der Waals surface area contributed by atoms with E-state index in [1.807, 2.05) is 62.4 Å². The Bertz CT molecular complexity index is 1580. The summed E-state index contributed by atoms with van der Waals surface area (Å²) in [5.74, 6) is -0.320. The molecule has 0 spiro atoms. The molecule has 1 aliphatic rings. The number of carbonyl (C=O) groups is 2. The zero-order chi connectivity index (χ0) is 27.0. The Labute approximate surface area is 221 Å². The summed E-state index contributed by atoms with van der Waals surface area (Å²) in [7, 11) is 3.15. The number of rotatable bonds is 6. The van der Waals surface area contributed by atoms with E-state index in [1.165, 1.54) is 4.90 Å². The molecule has 6 nitrogen and oxygen atoms in total. The van der Waals surface area contributed by atoms with Crippen molar-refractivity contribution in [3.63, 3.8) is 0 Å². The highest BCUT2D eigenvalue weighted by Gasteiger charge is 2.47. The molecule has 1 aliphatic heterocycles. The number of fused-ring (bicyclic) bond motifs is 1. The quantitative estimate of drug-likeness (QED) is 0.181. The summed E-state index contributed by atoms with van der Waals surface area (Å²) in [4.78, 5) is 28.7. The van der Waals surface area contributed by atoms with Crippen LogP contribution >= 0.6 is 0 Å². The first kappa shape index (κ1) is 25.1. The fourth-order valence-corrected chi connectivity index (χ4v) is 5.13. The van der Waals surface area contributed by atoms with Crippen molar-refractivity contribution in [1.82, 2.24) is 0 Å². The van der Waals surface area contributed by atoms with Crippen LogP contribution in [0.1, 0.15) is 42.5 Å². The van der Waals surface area contributed by atoms with E-state index in [0.717, 1.165) is 21.9 Å². The van der Waals surface area contributed by atoms with Crippen molar-refractivity contribution < 1.29 is 24.2 Å². The van der Waals surface area contributed by atoms with Crippen LogP contribution in [0.25, 0.3) is 16.5 Å². The van der Waals surface area contributed by atoms with E-state index in [1.54, 1.807) is 50.6 Å². The number of hydrogen-bond donors (Lipinski definition) is 1. The molecule has 1 atom stereocenters. The average molecular weight is 508 g/mol. The first-order chi connectivity index (χ1) is 18.3. The van der Waals surface area contributed by atoms with Crippen LogP contribution in [-0.4, -0.2) is 31.0 Å². The van der Waals surface area contributed by atoms with Crippen LogP contribution < -0.4 is 14.4 Å². The third-order valence-corrected chi connectivity index (χ3v) is 7.02. The summed E-state index contributed by atoms with van der Waals surface area (Å²) in [6.45, 7) is 4.05. The minimum Gasteiger partial charge on any atom is -0.507 e. The van der Waals surface area contributed by atoms with E-state index in [2.05, 4.69) is 0 Å². The van der Waals surface area contributed by atoms with Crippen LogP contribution in [0.2, 0.25) is 0 Å². The molecule has 192 valence electrons. The maximum absolute atomic E-state index is 13.7. The van der Waals surface area contributed by atoms with E-state index in [0.29, 0.717) is 22.7 Å². The highest BCUT2D eigenvalue weighted by molar-refractivity contribution is 6.52. The van der Waals surface area contributed by atoms with E-state index in [-0.39, 0.29) is 17.3 Å². The third-order valence-electron chi connectivity index (χ3n) is 7.02. The van der Waals surface area contributed by atoms with Crippen LogP contribution in [0, 0.1) is 0 Å². The summed E-state index contributed by atoms with van der Waals surface area (Å²) in [6, 6.07) is 25.0. The zero-order valence-corrected chi connectivity index (χ0v) is 21.8. The molecule has 1 unspecified atom stereocenters. The third kappa shape index (κ3) is 4.18. The lowest BCUT2D eigenvalue weighted by Gasteiger charge is -2.27. The highest BCUT2D eigenvalue weighted by atomic mass is 16.5. The van der Waals surface area contributed by atoms with Crippen molar-refractivity contribution in [2.75, 3.05) is 19.1 Å². The first-order valence-electron chi connectivity index (χ1n) is 12.5. The number of benzene rings is 4. The van der Waals surface area contributed by atoms with E-state index in [9.17, 15) is 14.7 Å². The van der Waals surface area contributed by atoms with Crippen molar-refractivity contribution in [2.24, 2.45) is 0 Å². The number of aliphatic hydroxyl groups excluding tert-OH is 1. The summed E-state index contributed by atoms with van der Waals surface area (Å²) in [6.07, 6.45) is 0.